The number of imidazole rings is 1. The van der Waals surface area contributed by atoms with Crippen molar-refractivity contribution in [1.82, 2.24) is 9.55 Å². The standard InChI is InChI=1S/C20H36N6O/c1-4-5-6-16-25-17(19(22)23)18(20(24)27-13(2)3)26(16)12-15-9-7-14(11-21)8-10-15/h13-15,24H,4-12,21H2,1-3H3,(H3,22,23). The molecule has 0 unspecified atom stereocenters. The molecule has 1 saturated carbocycles. The topological polar surface area (TPSA) is 127 Å². The van der Waals surface area contributed by atoms with Gasteiger partial charge in [0.1, 0.15) is 23.0 Å². The summed E-state index contributed by atoms with van der Waals surface area (Å²) in [6.07, 6.45) is 7.40. The van der Waals surface area contributed by atoms with Gasteiger partial charge < -0.3 is 20.8 Å². The Balaban J connectivity index is 2.35. The zero-order valence-corrected chi connectivity index (χ0v) is 17.1. The van der Waals surface area contributed by atoms with E-state index in [1.54, 1.807) is 0 Å². The highest BCUT2D eigenvalue weighted by Gasteiger charge is 2.27. The van der Waals surface area contributed by atoms with Crippen LogP contribution in [-0.4, -0.2) is 33.9 Å². The molecule has 0 saturated heterocycles. The summed E-state index contributed by atoms with van der Waals surface area (Å²) in [5, 5.41) is 16.4. The lowest BCUT2D eigenvalue weighted by Gasteiger charge is -2.29. The monoisotopic (exact) mass is 376 g/mol. The first-order valence-electron chi connectivity index (χ1n) is 10.3. The van der Waals surface area contributed by atoms with E-state index < -0.39 is 0 Å². The lowest BCUT2D eigenvalue weighted by Crippen LogP contribution is -2.27. The number of hydrogen-bond donors (Lipinski definition) is 4. The molecule has 0 spiro atoms. The van der Waals surface area contributed by atoms with E-state index in [0.29, 0.717) is 23.2 Å². The van der Waals surface area contributed by atoms with Gasteiger partial charge in [0.05, 0.1) is 6.10 Å². The predicted octanol–water partition coefficient (Wildman–Crippen LogP) is 3.03. The molecule has 2 rings (SSSR count). The molecule has 1 aromatic rings. The first kappa shape index (κ1) is 21.4. The fourth-order valence-corrected chi connectivity index (χ4v) is 3.84. The smallest absolute Gasteiger partial charge is 0.233 e. The van der Waals surface area contributed by atoms with E-state index in [2.05, 4.69) is 16.5 Å². The van der Waals surface area contributed by atoms with E-state index in [-0.39, 0.29) is 17.8 Å². The van der Waals surface area contributed by atoms with Gasteiger partial charge in [-0.1, -0.05) is 13.3 Å². The molecular formula is C20H36N6O. The molecule has 0 bridgehead atoms. The van der Waals surface area contributed by atoms with Crippen LogP contribution in [-0.2, 0) is 17.7 Å². The van der Waals surface area contributed by atoms with Gasteiger partial charge in [-0.2, -0.15) is 0 Å². The van der Waals surface area contributed by atoms with Crippen LogP contribution in [0.15, 0.2) is 0 Å². The molecule has 7 heteroatoms. The normalized spacial score (nSPS) is 20.0. The van der Waals surface area contributed by atoms with Crippen molar-refractivity contribution < 1.29 is 4.74 Å². The second-order valence-corrected chi connectivity index (χ2v) is 7.97. The molecule has 152 valence electrons. The molecule has 1 aromatic heterocycles. The van der Waals surface area contributed by atoms with Gasteiger partial charge in [0, 0.05) is 13.0 Å². The summed E-state index contributed by atoms with van der Waals surface area (Å²) in [6.45, 7) is 7.52. The van der Waals surface area contributed by atoms with Gasteiger partial charge in [0.15, 0.2) is 0 Å². The van der Waals surface area contributed by atoms with E-state index in [9.17, 15) is 0 Å². The summed E-state index contributed by atoms with van der Waals surface area (Å²) in [4.78, 5) is 4.64. The third-order valence-corrected chi connectivity index (χ3v) is 5.36. The molecule has 27 heavy (non-hydrogen) atoms. The Morgan fingerprint density at radius 3 is 2.37 bits per heavy atom. The molecule has 1 heterocycles. The average Bonchev–Trinajstić information content (AvgIpc) is 2.98. The second kappa shape index (κ2) is 9.88. The maximum Gasteiger partial charge on any atom is 0.233 e. The minimum atomic E-state index is -0.111. The van der Waals surface area contributed by atoms with Crippen molar-refractivity contribution in [3.05, 3.63) is 17.2 Å². The third-order valence-electron chi connectivity index (χ3n) is 5.36. The molecule has 0 atom stereocenters. The summed E-state index contributed by atoms with van der Waals surface area (Å²) in [7, 11) is 0. The SMILES string of the molecule is CCCCc1nc(C(=N)N)c(C(=N)OC(C)C)n1CC1CCC(CN)CC1. The number of amidine groups is 1. The van der Waals surface area contributed by atoms with E-state index in [0.717, 1.165) is 63.9 Å². The van der Waals surface area contributed by atoms with Gasteiger partial charge in [-0.05, 0) is 64.3 Å². The Labute approximate surface area is 162 Å². The summed E-state index contributed by atoms with van der Waals surface area (Å²) >= 11 is 0. The largest absolute Gasteiger partial charge is 0.474 e. The minimum Gasteiger partial charge on any atom is -0.474 e. The maximum atomic E-state index is 8.45. The number of nitrogen functional groups attached to an aromatic ring is 1. The van der Waals surface area contributed by atoms with E-state index in [1.165, 1.54) is 0 Å². The minimum absolute atomic E-state index is 0.0566. The van der Waals surface area contributed by atoms with Crippen molar-refractivity contribution in [2.45, 2.75) is 78.4 Å². The maximum absolute atomic E-state index is 8.45. The summed E-state index contributed by atoms with van der Waals surface area (Å²) < 4.78 is 7.76. The Morgan fingerprint density at radius 1 is 1.22 bits per heavy atom. The Morgan fingerprint density at radius 2 is 1.85 bits per heavy atom. The van der Waals surface area contributed by atoms with E-state index >= 15 is 0 Å². The van der Waals surface area contributed by atoms with Crippen LogP contribution in [0.4, 0.5) is 0 Å². The highest BCUT2D eigenvalue weighted by atomic mass is 16.5. The molecule has 1 fully saturated rings. The molecule has 0 amide bonds. The van der Waals surface area contributed by atoms with Crippen LogP contribution in [0.3, 0.4) is 0 Å². The zero-order valence-electron chi connectivity index (χ0n) is 17.1. The van der Waals surface area contributed by atoms with E-state index in [4.69, 9.17) is 27.0 Å². The summed E-state index contributed by atoms with van der Waals surface area (Å²) in [5.41, 5.74) is 12.6. The number of nitrogens with two attached hydrogens (primary N) is 2. The number of hydrogen-bond acceptors (Lipinski definition) is 5. The number of aryl methyl sites for hydroxylation is 1. The van der Waals surface area contributed by atoms with Gasteiger partial charge >= 0.3 is 0 Å². The molecule has 0 aromatic carbocycles. The zero-order chi connectivity index (χ0) is 20.0. The average molecular weight is 377 g/mol. The van der Waals surface area contributed by atoms with Crippen LogP contribution >= 0.6 is 0 Å². The van der Waals surface area contributed by atoms with Crippen molar-refractivity contribution >= 4 is 11.7 Å². The molecular weight excluding hydrogens is 340 g/mol. The van der Waals surface area contributed by atoms with Crippen molar-refractivity contribution in [1.29, 1.82) is 10.8 Å². The van der Waals surface area contributed by atoms with Gasteiger partial charge in [0.25, 0.3) is 0 Å². The van der Waals surface area contributed by atoms with Crippen LogP contribution in [0.2, 0.25) is 0 Å². The van der Waals surface area contributed by atoms with Gasteiger partial charge in [0.2, 0.25) is 5.90 Å². The van der Waals surface area contributed by atoms with Crippen LogP contribution in [0.25, 0.3) is 0 Å². The van der Waals surface area contributed by atoms with Crippen molar-refractivity contribution in [2.75, 3.05) is 6.54 Å². The van der Waals surface area contributed by atoms with Crippen LogP contribution < -0.4 is 11.5 Å². The summed E-state index contributed by atoms with van der Waals surface area (Å²) in [5.74, 6) is 2.04. The highest BCUT2D eigenvalue weighted by molar-refractivity contribution is 6.04. The Kier molecular flexibility index (Phi) is 7.83. The third kappa shape index (κ3) is 5.54. The first-order chi connectivity index (χ1) is 12.9. The van der Waals surface area contributed by atoms with Gasteiger partial charge in [-0.15, -0.1) is 0 Å². The lowest BCUT2D eigenvalue weighted by atomic mass is 9.82. The van der Waals surface area contributed by atoms with Crippen molar-refractivity contribution in [3.63, 3.8) is 0 Å². The molecule has 0 radical (unpaired) electrons. The number of ether oxygens (including phenoxy) is 1. The highest BCUT2D eigenvalue weighted by Crippen LogP contribution is 2.30. The number of aromatic nitrogens is 2. The predicted molar refractivity (Wildman–Crippen MR) is 109 cm³/mol. The molecule has 6 N–H and O–H groups in total. The van der Waals surface area contributed by atoms with Gasteiger partial charge in [-0.3, -0.25) is 10.8 Å². The molecule has 1 aliphatic rings. The molecule has 7 nitrogen and oxygen atoms in total. The van der Waals surface area contributed by atoms with Crippen LogP contribution in [0.1, 0.15) is 76.5 Å². The Bertz CT molecular complexity index is 643. The molecule has 0 aliphatic heterocycles. The fraction of sp³-hybridized carbons (Fsp3) is 0.750. The lowest BCUT2D eigenvalue weighted by molar-refractivity contribution is 0.223. The van der Waals surface area contributed by atoms with Crippen LogP contribution in [0.5, 0.6) is 0 Å². The second-order valence-electron chi connectivity index (χ2n) is 7.97. The number of rotatable bonds is 9. The number of nitrogens with zero attached hydrogens (tertiary/aromatic N) is 2. The number of nitrogens with one attached hydrogen (secondary N) is 2. The van der Waals surface area contributed by atoms with Crippen molar-refractivity contribution in [3.8, 4) is 0 Å². The van der Waals surface area contributed by atoms with E-state index in [1.807, 2.05) is 13.8 Å². The molecule has 1 aliphatic carbocycles. The fourth-order valence-electron chi connectivity index (χ4n) is 3.84. The first-order valence-corrected chi connectivity index (χ1v) is 10.3. The van der Waals surface area contributed by atoms with Gasteiger partial charge in [-0.25, -0.2) is 4.98 Å². The number of unbranched alkanes of at least 4 members (excludes halogenated alkanes) is 1. The summed E-state index contributed by atoms with van der Waals surface area (Å²) in [6, 6.07) is 0. The van der Waals surface area contributed by atoms with Crippen molar-refractivity contribution in [2.24, 2.45) is 23.3 Å². The van der Waals surface area contributed by atoms with Crippen LogP contribution in [0, 0.1) is 22.7 Å². The quantitative estimate of drug-likeness (QED) is 0.390. The Hall–Kier alpha value is -1.89.